The maximum absolute atomic E-state index is 12.7. The highest BCUT2D eigenvalue weighted by atomic mass is 16.5. The number of hydrogen-bond acceptors (Lipinski definition) is 4. The Kier molecular flexibility index (Phi) is 5.38. The van der Waals surface area contributed by atoms with Crippen molar-refractivity contribution in [1.82, 2.24) is 19.6 Å². The fourth-order valence-corrected chi connectivity index (χ4v) is 3.33. The first-order valence-corrected chi connectivity index (χ1v) is 8.69. The van der Waals surface area contributed by atoms with E-state index in [9.17, 15) is 4.79 Å². The van der Waals surface area contributed by atoms with Gasteiger partial charge in [0.2, 0.25) is 5.91 Å². The van der Waals surface area contributed by atoms with Gasteiger partial charge in [0.15, 0.2) is 0 Å². The summed E-state index contributed by atoms with van der Waals surface area (Å²) in [4.78, 5) is 16.9. The zero-order valence-electron chi connectivity index (χ0n) is 15.2. The van der Waals surface area contributed by atoms with E-state index >= 15 is 0 Å². The molecule has 1 aromatic carbocycles. The predicted octanol–water partition coefficient (Wildman–Crippen LogP) is 2.11. The molecule has 6 nitrogen and oxygen atoms in total. The minimum atomic E-state index is 0.154. The summed E-state index contributed by atoms with van der Waals surface area (Å²) in [6, 6.07) is 10.2. The van der Waals surface area contributed by atoms with Gasteiger partial charge >= 0.3 is 0 Å². The quantitative estimate of drug-likeness (QED) is 0.835. The van der Waals surface area contributed by atoms with Gasteiger partial charge in [-0.25, -0.2) is 0 Å². The molecule has 0 unspecified atom stereocenters. The van der Waals surface area contributed by atoms with Crippen LogP contribution in [0.3, 0.4) is 0 Å². The van der Waals surface area contributed by atoms with E-state index in [1.54, 1.807) is 7.11 Å². The number of hydrogen-bond donors (Lipinski definition) is 0. The van der Waals surface area contributed by atoms with Crippen LogP contribution in [0.2, 0.25) is 0 Å². The van der Waals surface area contributed by atoms with Crippen molar-refractivity contribution in [3.63, 3.8) is 0 Å². The van der Waals surface area contributed by atoms with Crippen LogP contribution in [0.1, 0.15) is 23.7 Å². The molecule has 1 aliphatic heterocycles. The summed E-state index contributed by atoms with van der Waals surface area (Å²) < 4.78 is 7.34. The zero-order valence-corrected chi connectivity index (χ0v) is 15.2. The fraction of sp³-hybridized carbons (Fsp3) is 0.474. The van der Waals surface area contributed by atoms with E-state index in [4.69, 9.17) is 4.74 Å². The first-order chi connectivity index (χ1) is 12.1. The fourth-order valence-electron chi connectivity index (χ4n) is 3.33. The van der Waals surface area contributed by atoms with E-state index in [1.165, 1.54) is 0 Å². The highest BCUT2D eigenvalue weighted by molar-refractivity contribution is 5.76. The Labute approximate surface area is 149 Å². The largest absolute Gasteiger partial charge is 0.496 e. The zero-order chi connectivity index (χ0) is 17.8. The molecule has 6 heteroatoms. The summed E-state index contributed by atoms with van der Waals surface area (Å²) in [6.07, 6.45) is 2.40. The molecule has 0 radical (unpaired) electrons. The van der Waals surface area contributed by atoms with Crippen LogP contribution in [0.5, 0.6) is 5.75 Å². The molecule has 25 heavy (non-hydrogen) atoms. The molecule has 0 bridgehead atoms. The van der Waals surface area contributed by atoms with Gasteiger partial charge in [0.1, 0.15) is 5.75 Å². The molecule has 0 N–H and O–H groups in total. The number of methoxy groups -OCH3 is 1. The lowest BCUT2D eigenvalue weighted by molar-refractivity contribution is -0.134. The van der Waals surface area contributed by atoms with Gasteiger partial charge in [-0.1, -0.05) is 18.2 Å². The van der Waals surface area contributed by atoms with Crippen LogP contribution in [-0.2, 0) is 11.3 Å². The van der Waals surface area contributed by atoms with Crippen LogP contribution < -0.4 is 4.74 Å². The number of aryl methyl sites for hydroxylation is 2. The van der Waals surface area contributed by atoms with E-state index in [2.05, 4.69) is 23.1 Å². The number of amides is 1. The lowest BCUT2D eigenvalue weighted by Gasteiger charge is -2.40. The third-order valence-corrected chi connectivity index (χ3v) is 4.83. The van der Waals surface area contributed by atoms with Gasteiger partial charge in [0.05, 0.1) is 18.8 Å². The third-order valence-electron chi connectivity index (χ3n) is 4.83. The Morgan fingerprint density at radius 3 is 2.80 bits per heavy atom. The second-order valence-corrected chi connectivity index (χ2v) is 6.55. The molecule has 0 aliphatic carbocycles. The molecular weight excluding hydrogens is 316 g/mol. The van der Waals surface area contributed by atoms with Crippen LogP contribution in [0.15, 0.2) is 36.5 Å². The summed E-state index contributed by atoms with van der Waals surface area (Å²) in [6.45, 7) is 4.89. The monoisotopic (exact) mass is 342 g/mol. The average Bonchev–Trinajstić information content (AvgIpc) is 3.05. The van der Waals surface area contributed by atoms with Gasteiger partial charge in [-0.2, -0.15) is 5.10 Å². The third kappa shape index (κ3) is 4.02. The average molecular weight is 342 g/mol. The SMILES string of the molecule is COc1ccccc1[C@H]1CN(C(=O)CCn2ccc(C)n2)CCN1C. The van der Waals surface area contributed by atoms with Crippen molar-refractivity contribution in [2.75, 3.05) is 33.8 Å². The second-order valence-electron chi connectivity index (χ2n) is 6.55. The highest BCUT2D eigenvalue weighted by Gasteiger charge is 2.29. The number of nitrogens with zero attached hydrogens (tertiary/aromatic N) is 4. The number of carbonyl (C=O) groups excluding carboxylic acids is 1. The number of ether oxygens (including phenoxy) is 1. The maximum Gasteiger partial charge on any atom is 0.224 e. The molecule has 2 heterocycles. The molecule has 1 atom stereocenters. The summed E-state index contributed by atoms with van der Waals surface area (Å²) >= 11 is 0. The minimum Gasteiger partial charge on any atom is -0.496 e. The number of piperazine rings is 1. The van der Waals surface area contributed by atoms with Crippen molar-refractivity contribution in [2.45, 2.75) is 25.9 Å². The first kappa shape index (κ1) is 17.5. The molecule has 2 aromatic rings. The van der Waals surface area contributed by atoms with Gasteiger partial charge < -0.3 is 9.64 Å². The number of para-hydroxylation sites is 1. The molecule has 1 saturated heterocycles. The summed E-state index contributed by atoms with van der Waals surface area (Å²) in [5.41, 5.74) is 2.11. The standard InChI is InChI=1S/C19H26N4O2/c1-15-8-10-23(20-15)11-9-19(24)22-13-12-21(2)17(14-22)16-6-4-5-7-18(16)25-3/h4-8,10,17H,9,11-14H2,1-3H3/t17-/m1/s1. The van der Waals surface area contributed by atoms with E-state index in [-0.39, 0.29) is 11.9 Å². The van der Waals surface area contributed by atoms with Crippen molar-refractivity contribution in [3.8, 4) is 5.75 Å². The smallest absolute Gasteiger partial charge is 0.224 e. The number of likely N-dealkylation sites (N-methyl/N-ethyl adjacent to an activating group) is 1. The number of benzene rings is 1. The lowest BCUT2D eigenvalue weighted by atomic mass is 10.0. The highest BCUT2D eigenvalue weighted by Crippen LogP contribution is 2.31. The normalized spacial score (nSPS) is 18.4. The van der Waals surface area contributed by atoms with Crippen LogP contribution in [0.25, 0.3) is 0 Å². The Morgan fingerprint density at radius 1 is 1.28 bits per heavy atom. The van der Waals surface area contributed by atoms with E-state index in [1.807, 2.05) is 47.0 Å². The van der Waals surface area contributed by atoms with Crippen molar-refractivity contribution >= 4 is 5.91 Å². The molecule has 3 rings (SSSR count). The van der Waals surface area contributed by atoms with E-state index in [0.717, 1.165) is 30.1 Å². The first-order valence-electron chi connectivity index (χ1n) is 8.69. The van der Waals surface area contributed by atoms with Gasteiger partial charge in [-0.3, -0.25) is 14.4 Å². The van der Waals surface area contributed by atoms with Crippen LogP contribution >= 0.6 is 0 Å². The van der Waals surface area contributed by atoms with Crippen molar-refractivity contribution in [2.24, 2.45) is 0 Å². The predicted molar refractivity (Wildman–Crippen MR) is 96.5 cm³/mol. The number of carbonyl (C=O) groups is 1. The molecule has 0 saturated carbocycles. The van der Waals surface area contributed by atoms with E-state index in [0.29, 0.717) is 19.5 Å². The Balaban J connectivity index is 1.66. The molecule has 1 aromatic heterocycles. The van der Waals surface area contributed by atoms with Crippen molar-refractivity contribution in [3.05, 3.63) is 47.8 Å². The van der Waals surface area contributed by atoms with E-state index < -0.39 is 0 Å². The Hall–Kier alpha value is -2.34. The Morgan fingerprint density at radius 2 is 2.08 bits per heavy atom. The second kappa shape index (κ2) is 7.70. The molecule has 1 aliphatic rings. The van der Waals surface area contributed by atoms with Crippen molar-refractivity contribution in [1.29, 1.82) is 0 Å². The van der Waals surface area contributed by atoms with Crippen LogP contribution in [0, 0.1) is 6.92 Å². The van der Waals surface area contributed by atoms with Gasteiger partial charge in [0, 0.05) is 44.4 Å². The minimum absolute atomic E-state index is 0.154. The molecule has 1 amide bonds. The van der Waals surface area contributed by atoms with Crippen LogP contribution in [-0.4, -0.2) is 59.3 Å². The van der Waals surface area contributed by atoms with Crippen LogP contribution in [0.4, 0.5) is 0 Å². The topological polar surface area (TPSA) is 50.6 Å². The summed E-state index contributed by atoms with van der Waals surface area (Å²) in [5.74, 6) is 1.06. The molecular formula is C19H26N4O2. The van der Waals surface area contributed by atoms with Crippen molar-refractivity contribution < 1.29 is 9.53 Å². The Bertz CT molecular complexity index is 728. The molecule has 134 valence electrons. The molecule has 0 spiro atoms. The molecule has 1 fully saturated rings. The number of aromatic nitrogens is 2. The van der Waals surface area contributed by atoms with Gasteiger partial charge in [0.25, 0.3) is 0 Å². The maximum atomic E-state index is 12.7. The number of rotatable bonds is 5. The summed E-state index contributed by atoms with van der Waals surface area (Å²) in [5, 5.41) is 4.35. The summed E-state index contributed by atoms with van der Waals surface area (Å²) in [7, 11) is 3.79. The van der Waals surface area contributed by atoms with Gasteiger partial charge in [-0.15, -0.1) is 0 Å². The lowest BCUT2D eigenvalue weighted by Crippen LogP contribution is -2.49. The van der Waals surface area contributed by atoms with Gasteiger partial charge in [-0.05, 0) is 26.1 Å².